The standard InChI is InChI=1S/C32H32N4O3/c1-3-36(29-15-8-5-9-16-29)32(39)25-17-19-27(20-18-25)34-30(37)22-33-28-14-10-13-26(21-28)31(38)35(2)23-24-11-6-4-7-12-24/h4-21,33H,3,22-23H2,1-2H3,(H,34,37). The maximum absolute atomic E-state index is 13.0. The number of carbonyl (C=O) groups is 3. The number of benzene rings is 4. The summed E-state index contributed by atoms with van der Waals surface area (Å²) in [4.78, 5) is 41.8. The third-order valence-electron chi connectivity index (χ3n) is 6.22. The summed E-state index contributed by atoms with van der Waals surface area (Å²) >= 11 is 0. The van der Waals surface area contributed by atoms with Gasteiger partial charge in [0.15, 0.2) is 0 Å². The van der Waals surface area contributed by atoms with Gasteiger partial charge in [-0.15, -0.1) is 0 Å². The molecular formula is C32H32N4O3. The van der Waals surface area contributed by atoms with Gasteiger partial charge in [0.2, 0.25) is 5.91 Å². The van der Waals surface area contributed by atoms with Crippen LogP contribution < -0.4 is 15.5 Å². The minimum absolute atomic E-state index is 0.0236. The van der Waals surface area contributed by atoms with Crippen LogP contribution in [0.4, 0.5) is 17.1 Å². The van der Waals surface area contributed by atoms with Crippen molar-refractivity contribution in [3.63, 3.8) is 0 Å². The molecule has 0 aliphatic rings. The van der Waals surface area contributed by atoms with Crippen LogP contribution in [-0.2, 0) is 11.3 Å². The third-order valence-corrected chi connectivity index (χ3v) is 6.22. The van der Waals surface area contributed by atoms with Crippen LogP contribution in [0.25, 0.3) is 0 Å². The van der Waals surface area contributed by atoms with Gasteiger partial charge >= 0.3 is 0 Å². The predicted octanol–water partition coefficient (Wildman–Crippen LogP) is 5.68. The largest absolute Gasteiger partial charge is 0.376 e. The molecule has 0 fully saturated rings. The van der Waals surface area contributed by atoms with Crippen LogP contribution in [0.5, 0.6) is 0 Å². The Morgan fingerprint density at radius 2 is 1.36 bits per heavy atom. The molecule has 198 valence electrons. The molecule has 0 aliphatic heterocycles. The molecule has 7 nitrogen and oxygen atoms in total. The van der Waals surface area contributed by atoms with E-state index in [4.69, 9.17) is 0 Å². The van der Waals surface area contributed by atoms with Gasteiger partial charge in [0.05, 0.1) is 6.54 Å². The first kappa shape index (κ1) is 27.1. The van der Waals surface area contributed by atoms with Gasteiger partial charge in [0.25, 0.3) is 11.8 Å². The number of amides is 3. The molecule has 0 heterocycles. The van der Waals surface area contributed by atoms with Gasteiger partial charge in [0.1, 0.15) is 0 Å². The number of hydrogen-bond acceptors (Lipinski definition) is 4. The lowest BCUT2D eigenvalue weighted by molar-refractivity contribution is -0.114. The first-order valence-corrected chi connectivity index (χ1v) is 12.8. The summed E-state index contributed by atoms with van der Waals surface area (Å²) < 4.78 is 0. The zero-order valence-corrected chi connectivity index (χ0v) is 22.1. The van der Waals surface area contributed by atoms with Gasteiger partial charge in [0, 0.05) is 48.3 Å². The van der Waals surface area contributed by atoms with Crippen LogP contribution in [-0.4, -0.2) is 42.8 Å². The van der Waals surface area contributed by atoms with Gasteiger partial charge in [-0.25, -0.2) is 0 Å². The Bertz CT molecular complexity index is 1410. The fourth-order valence-corrected chi connectivity index (χ4v) is 4.20. The number of rotatable bonds is 10. The topological polar surface area (TPSA) is 81.8 Å². The molecule has 4 aromatic rings. The summed E-state index contributed by atoms with van der Waals surface area (Å²) in [7, 11) is 1.77. The number of anilines is 3. The molecule has 0 saturated carbocycles. The van der Waals surface area contributed by atoms with E-state index in [-0.39, 0.29) is 24.3 Å². The summed E-state index contributed by atoms with van der Waals surface area (Å²) in [5, 5.41) is 5.91. The van der Waals surface area contributed by atoms with E-state index in [0.29, 0.717) is 35.6 Å². The van der Waals surface area contributed by atoms with E-state index in [0.717, 1.165) is 11.3 Å². The molecule has 4 aromatic carbocycles. The molecule has 0 radical (unpaired) electrons. The summed E-state index contributed by atoms with van der Waals surface area (Å²) in [6.07, 6.45) is 0. The van der Waals surface area contributed by atoms with Crippen molar-refractivity contribution >= 4 is 34.8 Å². The molecular weight excluding hydrogens is 488 g/mol. The Hall–Kier alpha value is -4.91. The second-order valence-corrected chi connectivity index (χ2v) is 9.09. The molecule has 7 heteroatoms. The average molecular weight is 521 g/mol. The molecule has 39 heavy (non-hydrogen) atoms. The van der Waals surface area contributed by atoms with E-state index in [9.17, 15) is 14.4 Å². The smallest absolute Gasteiger partial charge is 0.258 e. The third kappa shape index (κ3) is 7.32. The molecule has 3 amide bonds. The van der Waals surface area contributed by atoms with E-state index in [2.05, 4.69) is 10.6 Å². The molecule has 0 spiro atoms. The maximum Gasteiger partial charge on any atom is 0.258 e. The molecule has 4 rings (SSSR count). The Morgan fingerprint density at radius 1 is 0.692 bits per heavy atom. The highest BCUT2D eigenvalue weighted by molar-refractivity contribution is 6.06. The van der Waals surface area contributed by atoms with E-state index in [1.165, 1.54) is 0 Å². The first-order valence-electron chi connectivity index (χ1n) is 12.8. The minimum atomic E-state index is -0.244. The minimum Gasteiger partial charge on any atom is -0.376 e. The van der Waals surface area contributed by atoms with Crippen molar-refractivity contribution in [2.45, 2.75) is 13.5 Å². The van der Waals surface area contributed by atoms with Crippen LogP contribution in [0.2, 0.25) is 0 Å². The van der Waals surface area contributed by atoms with Crippen molar-refractivity contribution in [1.29, 1.82) is 0 Å². The fourth-order valence-electron chi connectivity index (χ4n) is 4.20. The highest BCUT2D eigenvalue weighted by Gasteiger charge is 2.16. The fraction of sp³-hybridized carbons (Fsp3) is 0.156. The predicted molar refractivity (Wildman–Crippen MR) is 156 cm³/mol. The summed E-state index contributed by atoms with van der Waals surface area (Å²) in [5.74, 6) is -0.450. The Balaban J connectivity index is 1.30. The second kappa shape index (κ2) is 13.1. The summed E-state index contributed by atoms with van der Waals surface area (Å²) in [6.45, 7) is 3.01. The van der Waals surface area contributed by atoms with E-state index >= 15 is 0 Å². The maximum atomic E-state index is 13.0. The zero-order chi connectivity index (χ0) is 27.6. The molecule has 0 saturated heterocycles. The van der Waals surface area contributed by atoms with Crippen molar-refractivity contribution in [3.8, 4) is 0 Å². The van der Waals surface area contributed by atoms with E-state index in [1.807, 2.05) is 73.7 Å². The van der Waals surface area contributed by atoms with Gasteiger partial charge in [-0.05, 0) is 67.1 Å². The lowest BCUT2D eigenvalue weighted by Crippen LogP contribution is -2.30. The van der Waals surface area contributed by atoms with Crippen LogP contribution in [0.15, 0.2) is 109 Å². The first-order chi connectivity index (χ1) is 18.9. The quantitative estimate of drug-likeness (QED) is 0.282. The summed E-state index contributed by atoms with van der Waals surface area (Å²) in [6, 6.07) is 33.3. The van der Waals surface area contributed by atoms with Crippen molar-refractivity contribution < 1.29 is 14.4 Å². The lowest BCUT2D eigenvalue weighted by Gasteiger charge is -2.21. The lowest BCUT2D eigenvalue weighted by atomic mass is 10.1. The molecule has 0 unspecified atom stereocenters. The van der Waals surface area contributed by atoms with Crippen LogP contribution in [0, 0.1) is 0 Å². The number of hydrogen-bond donors (Lipinski definition) is 2. The highest BCUT2D eigenvalue weighted by Crippen LogP contribution is 2.18. The molecule has 0 aromatic heterocycles. The number of carbonyl (C=O) groups excluding carboxylic acids is 3. The zero-order valence-electron chi connectivity index (χ0n) is 22.1. The van der Waals surface area contributed by atoms with Gasteiger partial charge in [-0.3, -0.25) is 14.4 Å². The van der Waals surface area contributed by atoms with Crippen molar-refractivity contribution in [2.24, 2.45) is 0 Å². The molecule has 2 N–H and O–H groups in total. The van der Waals surface area contributed by atoms with Crippen LogP contribution >= 0.6 is 0 Å². The Morgan fingerprint density at radius 3 is 2.03 bits per heavy atom. The van der Waals surface area contributed by atoms with Crippen molar-refractivity contribution in [1.82, 2.24) is 4.90 Å². The Labute approximate surface area is 229 Å². The number of para-hydroxylation sites is 1. The highest BCUT2D eigenvalue weighted by atomic mass is 16.2. The van der Waals surface area contributed by atoms with Crippen molar-refractivity contribution in [2.75, 3.05) is 35.7 Å². The van der Waals surface area contributed by atoms with Crippen LogP contribution in [0.1, 0.15) is 33.2 Å². The van der Waals surface area contributed by atoms with E-state index < -0.39 is 0 Å². The Kier molecular flexibility index (Phi) is 9.08. The monoisotopic (exact) mass is 520 g/mol. The van der Waals surface area contributed by atoms with Gasteiger partial charge < -0.3 is 20.4 Å². The van der Waals surface area contributed by atoms with Crippen molar-refractivity contribution in [3.05, 3.63) is 126 Å². The van der Waals surface area contributed by atoms with E-state index in [1.54, 1.807) is 59.3 Å². The summed E-state index contributed by atoms with van der Waals surface area (Å²) in [5.41, 5.74) is 4.22. The average Bonchev–Trinajstić information content (AvgIpc) is 2.97. The van der Waals surface area contributed by atoms with Gasteiger partial charge in [-0.2, -0.15) is 0 Å². The molecule has 0 atom stereocenters. The normalized spacial score (nSPS) is 10.4. The number of nitrogens with one attached hydrogen (secondary N) is 2. The molecule has 0 bridgehead atoms. The second-order valence-electron chi connectivity index (χ2n) is 9.09. The molecule has 0 aliphatic carbocycles. The number of nitrogens with zero attached hydrogens (tertiary/aromatic N) is 2. The van der Waals surface area contributed by atoms with Crippen LogP contribution in [0.3, 0.4) is 0 Å². The SMILES string of the molecule is CCN(C(=O)c1ccc(NC(=O)CNc2cccc(C(=O)N(C)Cc3ccccc3)c2)cc1)c1ccccc1. The van der Waals surface area contributed by atoms with Gasteiger partial charge in [-0.1, -0.05) is 54.6 Å².